The van der Waals surface area contributed by atoms with Crippen LogP contribution in [0.3, 0.4) is 0 Å². The highest BCUT2D eigenvalue weighted by molar-refractivity contribution is 5.69. The number of methoxy groups -OCH3 is 2. The summed E-state index contributed by atoms with van der Waals surface area (Å²) >= 11 is 0. The molecule has 0 aliphatic heterocycles. The molecule has 0 bridgehead atoms. The van der Waals surface area contributed by atoms with E-state index in [-0.39, 0.29) is 12.0 Å². The zero-order valence-corrected chi connectivity index (χ0v) is 9.86. The Morgan fingerprint density at radius 3 is 2.60 bits per heavy atom. The smallest absolute Gasteiger partial charge is 0.307 e. The SMILES string of the molecule is COCCN(C(C)CC(=O)OC)C1CC1. The van der Waals surface area contributed by atoms with Crippen LogP contribution in [0.25, 0.3) is 0 Å². The predicted molar refractivity (Wildman–Crippen MR) is 57.7 cm³/mol. The summed E-state index contributed by atoms with van der Waals surface area (Å²) in [5, 5.41) is 0. The van der Waals surface area contributed by atoms with E-state index in [4.69, 9.17) is 4.74 Å². The third kappa shape index (κ3) is 4.18. The van der Waals surface area contributed by atoms with Crippen molar-refractivity contribution in [3.8, 4) is 0 Å². The van der Waals surface area contributed by atoms with Gasteiger partial charge in [0, 0.05) is 25.7 Å². The number of rotatable bonds is 7. The molecular formula is C11H21NO3. The van der Waals surface area contributed by atoms with Gasteiger partial charge in [0.15, 0.2) is 0 Å². The zero-order valence-electron chi connectivity index (χ0n) is 9.86. The molecule has 0 aromatic heterocycles. The molecule has 1 fully saturated rings. The lowest BCUT2D eigenvalue weighted by atomic mass is 10.2. The minimum absolute atomic E-state index is 0.134. The summed E-state index contributed by atoms with van der Waals surface area (Å²) in [7, 11) is 3.14. The maximum Gasteiger partial charge on any atom is 0.307 e. The molecule has 15 heavy (non-hydrogen) atoms. The Morgan fingerprint density at radius 2 is 2.13 bits per heavy atom. The van der Waals surface area contributed by atoms with Gasteiger partial charge in [-0.2, -0.15) is 0 Å². The maximum atomic E-state index is 11.2. The van der Waals surface area contributed by atoms with Crippen molar-refractivity contribution < 1.29 is 14.3 Å². The van der Waals surface area contributed by atoms with Crippen molar-refractivity contribution in [1.82, 2.24) is 4.90 Å². The van der Waals surface area contributed by atoms with Gasteiger partial charge < -0.3 is 9.47 Å². The number of carbonyl (C=O) groups is 1. The molecule has 0 aromatic carbocycles. The molecule has 4 heteroatoms. The van der Waals surface area contributed by atoms with E-state index in [0.29, 0.717) is 12.5 Å². The van der Waals surface area contributed by atoms with Gasteiger partial charge in [0.05, 0.1) is 20.1 Å². The Balaban J connectivity index is 2.36. The molecule has 0 amide bonds. The fraction of sp³-hybridized carbons (Fsp3) is 0.909. The Morgan fingerprint density at radius 1 is 1.47 bits per heavy atom. The molecule has 4 nitrogen and oxygen atoms in total. The molecule has 0 aromatic rings. The average molecular weight is 215 g/mol. The van der Waals surface area contributed by atoms with E-state index in [2.05, 4.69) is 16.6 Å². The van der Waals surface area contributed by atoms with Gasteiger partial charge in [-0.05, 0) is 19.8 Å². The molecule has 1 aliphatic rings. The summed E-state index contributed by atoms with van der Waals surface area (Å²) in [6, 6.07) is 0.903. The van der Waals surface area contributed by atoms with Gasteiger partial charge in [-0.1, -0.05) is 0 Å². The molecule has 0 N–H and O–H groups in total. The first-order valence-electron chi connectivity index (χ1n) is 5.50. The Hall–Kier alpha value is -0.610. The first kappa shape index (κ1) is 12.5. The van der Waals surface area contributed by atoms with E-state index in [1.165, 1.54) is 20.0 Å². The van der Waals surface area contributed by atoms with Gasteiger partial charge in [0.1, 0.15) is 0 Å². The van der Waals surface area contributed by atoms with Crippen molar-refractivity contribution in [2.24, 2.45) is 0 Å². The van der Waals surface area contributed by atoms with E-state index >= 15 is 0 Å². The number of hydrogen-bond acceptors (Lipinski definition) is 4. The Kier molecular flexibility index (Phi) is 5.05. The van der Waals surface area contributed by atoms with Crippen LogP contribution in [0.2, 0.25) is 0 Å². The summed E-state index contributed by atoms with van der Waals surface area (Å²) in [6.07, 6.45) is 2.96. The average Bonchev–Trinajstić information content (AvgIpc) is 3.02. The summed E-state index contributed by atoms with van der Waals surface area (Å²) in [6.45, 7) is 3.70. The van der Waals surface area contributed by atoms with Crippen LogP contribution in [0.15, 0.2) is 0 Å². The number of carbonyl (C=O) groups excluding carboxylic acids is 1. The zero-order chi connectivity index (χ0) is 11.3. The second-order valence-electron chi connectivity index (χ2n) is 4.09. The quantitative estimate of drug-likeness (QED) is 0.595. The van der Waals surface area contributed by atoms with Crippen molar-refractivity contribution in [3.05, 3.63) is 0 Å². The molecule has 1 unspecified atom stereocenters. The molecule has 0 radical (unpaired) electrons. The molecular weight excluding hydrogens is 194 g/mol. The van der Waals surface area contributed by atoms with Gasteiger partial charge in [0.25, 0.3) is 0 Å². The highest BCUT2D eigenvalue weighted by Crippen LogP contribution is 2.29. The molecule has 88 valence electrons. The third-order valence-electron chi connectivity index (χ3n) is 2.83. The number of ether oxygens (including phenoxy) is 2. The van der Waals surface area contributed by atoms with Crippen LogP contribution in [-0.2, 0) is 14.3 Å². The van der Waals surface area contributed by atoms with Crippen LogP contribution in [-0.4, -0.2) is 50.3 Å². The van der Waals surface area contributed by atoms with Gasteiger partial charge in [-0.25, -0.2) is 0 Å². The lowest BCUT2D eigenvalue weighted by Crippen LogP contribution is -2.39. The van der Waals surface area contributed by atoms with Crippen LogP contribution in [0.4, 0.5) is 0 Å². The normalized spacial score (nSPS) is 17.9. The fourth-order valence-electron chi connectivity index (χ4n) is 1.81. The molecule has 0 spiro atoms. The summed E-state index contributed by atoms with van der Waals surface area (Å²) < 4.78 is 9.75. The van der Waals surface area contributed by atoms with E-state index in [0.717, 1.165) is 13.2 Å². The van der Waals surface area contributed by atoms with Crippen molar-refractivity contribution >= 4 is 5.97 Å². The standard InChI is InChI=1S/C11H21NO3/c1-9(8-11(13)15-3)12(6-7-14-2)10-4-5-10/h9-10H,4-8H2,1-3H3. The van der Waals surface area contributed by atoms with Crippen LogP contribution < -0.4 is 0 Å². The third-order valence-corrected chi connectivity index (χ3v) is 2.83. The summed E-state index contributed by atoms with van der Waals surface area (Å²) in [4.78, 5) is 13.5. The van der Waals surface area contributed by atoms with Crippen LogP contribution in [0.5, 0.6) is 0 Å². The number of esters is 1. The lowest BCUT2D eigenvalue weighted by molar-refractivity contribution is -0.142. The lowest BCUT2D eigenvalue weighted by Gasteiger charge is -2.28. The molecule has 0 heterocycles. The highest BCUT2D eigenvalue weighted by Gasteiger charge is 2.32. The van der Waals surface area contributed by atoms with Gasteiger partial charge in [-0.3, -0.25) is 9.69 Å². The van der Waals surface area contributed by atoms with Crippen LogP contribution >= 0.6 is 0 Å². The van der Waals surface area contributed by atoms with Crippen LogP contribution in [0.1, 0.15) is 26.2 Å². The molecule has 1 atom stereocenters. The predicted octanol–water partition coefficient (Wildman–Crippen LogP) is 1.05. The first-order valence-corrected chi connectivity index (χ1v) is 5.50. The fourth-order valence-corrected chi connectivity index (χ4v) is 1.81. The van der Waals surface area contributed by atoms with Gasteiger partial charge in [-0.15, -0.1) is 0 Å². The maximum absolute atomic E-state index is 11.2. The summed E-state index contributed by atoms with van der Waals surface area (Å²) in [5.41, 5.74) is 0. The number of nitrogens with zero attached hydrogens (tertiary/aromatic N) is 1. The first-order chi connectivity index (χ1) is 7.19. The summed E-state index contributed by atoms with van der Waals surface area (Å²) in [5.74, 6) is -0.134. The second-order valence-corrected chi connectivity index (χ2v) is 4.09. The van der Waals surface area contributed by atoms with Crippen molar-refractivity contribution in [2.45, 2.75) is 38.3 Å². The van der Waals surface area contributed by atoms with E-state index in [9.17, 15) is 4.79 Å². The topological polar surface area (TPSA) is 38.8 Å². The largest absolute Gasteiger partial charge is 0.469 e. The number of hydrogen-bond donors (Lipinski definition) is 0. The molecule has 1 aliphatic carbocycles. The van der Waals surface area contributed by atoms with Gasteiger partial charge in [0.2, 0.25) is 0 Å². The van der Waals surface area contributed by atoms with E-state index in [1.54, 1.807) is 7.11 Å². The molecule has 1 rings (SSSR count). The molecule has 1 saturated carbocycles. The Bertz CT molecular complexity index is 204. The monoisotopic (exact) mass is 215 g/mol. The minimum atomic E-state index is -0.134. The highest BCUT2D eigenvalue weighted by atomic mass is 16.5. The molecule has 0 saturated heterocycles. The van der Waals surface area contributed by atoms with Crippen molar-refractivity contribution in [1.29, 1.82) is 0 Å². The Labute approximate surface area is 91.5 Å². The van der Waals surface area contributed by atoms with Crippen molar-refractivity contribution in [2.75, 3.05) is 27.4 Å². The minimum Gasteiger partial charge on any atom is -0.469 e. The van der Waals surface area contributed by atoms with Gasteiger partial charge >= 0.3 is 5.97 Å². The van der Waals surface area contributed by atoms with E-state index < -0.39 is 0 Å². The second kappa shape index (κ2) is 6.08. The van der Waals surface area contributed by atoms with E-state index in [1.807, 2.05) is 0 Å². The van der Waals surface area contributed by atoms with Crippen molar-refractivity contribution in [3.63, 3.8) is 0 Å². The van der Waals surface area contributed by atoms with Crippen LogP contribution in [0, 0.1) is 0 Å².